The van der Waals surface area contributed by atoms with E-state index in [0.29, 0.717) is 26.8 Å². The van der Waals surface area contributed by atoms with Gasteiger partial charge in [0.15, 0.2) is 0 Å². The highest BCUT2D eigenvalue weighted by molar-refractivity contribution is 6.42. The number of benzene rings is 1. The number of rotatable bonds is 3. The van der Waals surface area contributed by atoms with E-state index in [0.717, 1.165) is 12.0 Å². The van der Waals surface area contributed by atoms with Gasteiger partial charge in [-0.05, 0) is 40.9 Å². The third-order valence-electron chi connectivity index (χ3n) is 4.91. The summed E-state index contributed by atoms with van der Waals surface area (Å²) in [6, 6.07) is 5.76. The number of hydrogen-bond donors (Lipinski definition) is 0. The molecule has 1 unspecified atom stereocenters. The fourth-order valence-electron chi connectivity index (χ4n) is 3.16. The molecular weight excluding hydrogens is 287 g/mol. The molecule has 3 heteroatoms. The van der Waals surface area contributed by atoms with E-state index in [9.17, 15) is 0 Å². The zero-order valence-corrected chi connectivity index (χ0v) is 13.5. The molecule has 0 N–H and O–H groups in total. The van der Waals surface area contributed by atoms with E-state index in [1.165, 1.54) is 0 Å². The molecule has 0 heterocycles. The standard InChI is InChI=1S/C15H19Cl3/c1-14(2)13(15(14,3)4)12(18)8-9-5-6-10(16)11(17)7-9/h5-7,12-13H,8H2,1-4H3. The molecule has 1 aliphatic rings. The molecular formula is C15H19Cl3. The molecule has 2 rings (SSSR count). The smallest absolute Gasteiger partial charge is 0.0595 e. The van der Waals surface area contributed by atoms with Crippen molar-refractivity contribution in [2.75, 3.05) is 0 Å². The Kier molecular flexibility index (Phi) is 3.69. The Balaban J connectivity index is 2.09. The summed E-state index contributed by atoms with van der Waals surface area (Å²) in [5.41, 5.74) is 1.79. The molecule has 0 radical (unpaired) electrons. The molecule has 1 saturated carbocycles. The van der Waals surface area contributed by atoms with Crippen LogP contribution in [0.1, 0.15) is 33.3 Å². The Morgan fingerprint density at radius 2 is 1.61 bits per heavy atom. The fourth-order valence-corrected chi connectivity index (χ4v) is 4.29. The molecule has 1 aromatic rings. The molecule has 1 fully saturated rings. The average molecular weight is 306 g/mol. The first kappa shape index (κ1) is 14.5. The Morgan fingerprint density at radius 1 is 1.06 bits per heavy atom. The zero-order valence-electron chi connectivity index (χ0n) is 11.2. The summed E-state index contributed by atoms with van der Waals surface area (Å²) >= 11 is 18.5. The average Bonchev–Trinajstić information content (AvgIpc) is 2.63. The summed E-state index contributed by atoms with van der Waals surface area (Å²) in [5.74, 6) is 0.543. The van der Waals surface area contributed by atoms with Gasteiger partial charge in [0.1, 0.15) is 0 Å². The lowest BCUT2D eigenvalue weighted by Gasteiger charge is -2.12. The van der Waals surface area contributed by atoms with E-state index in [1.807, 2.05) is 18.2 Å². The monoisotopic (exact) mass is 304 g/mol. The fraction of sp³-hybridized carbons (Fsp3) is 0.600. The van der Waals surface area contributed by atoms with E-state index in [4.69, 9.17) is 34.8 Å². The largest absolute Gasteiger partial charge is 0.122 e. The van der Waals surface area contributed by atoms with Gasteiger partial charge in [0.05, 0.1) is 10.0 Å². The van der Waals surface area contributed by atoms with Crippen molar-refractivity contribution in [3.8, 4) is 0 Å². The Morgan fingerprint density at radius 3 is 2.06 bits per heavy atom. The molecule has 0 aliphatic heterocycles. The van der Waals surface area contributed by atoms with Crippen molar-refractivity contribution in [3.05, 3.63) is 33.8 Å². The number of hydrogen-bond acceptors (Lipinski definition) is 0. The third kappa shape index (κ3) is 2.28. The van der Waals surface area contributed by atoms with Crippen LogP contribution in [0, 0.1) is 16.7 Å². The molecule has 0 saturated heterocycles. The van der Waals surface area contributed by atoms with E-state index < -0.39 is 0 Å². The maximum absolute atomic E-state index is 6.60. The molecule has 0 nitrogen and oxygen atoms in total. The molecule has 0 aromatic heterocycles. The summed E-state index contributed by atoms with van der Waals surface area (Å²) in [5, 5.41) is 1.35. The SMILES string of the molecule is CC1(C)C(C(Cl)Cc2ccc(Cl)c(Cl)c2)C1(C)C. The highest BCUT2D eigenvalue weighted by Crippen LogP contribution is 2.70. The molecule has 0 spiro atoms. The lowest BCUT2D eigenvalue weighted by Crippen LogP contribution is -2.11. The van der Waals surface area contributed by atoms with Crippen LogP contribution >= 0.6 is 34.8 Å². The molecule has 0 amide bonds. The molecule has 18 heavy (non-hydrogen) atoms. The van der Waals surface area contributed by atoms with Crippen LogP contribution in [0.2, 0.25) is 10.0 Å². The van der Waals surface area contributed by atoms with E-state index in [2.05, 4.69) is 27.7 Å². The minimum Gasteiger partial charge on any atom is -0.122 e. The summed E-state index contributed by atoms with van der Waals surface area (Å²) in [6.07, 6.45) is 0.843. The van der Waals surface area contributed by atoms with E-state index in [-0.39, 0.29) is 5.38 Å². The van der Waals surface area contributed by atoms with Gasteiger partial charge in [0.2, 0.25) is 0 Å². The van der Waals surface area contributed by atoms with Crippen molar-refractivity contribution in [3.63, 3.8) is 0 Å². The van der Waals surface area contributed by atoms with Crippen LogP contribution in [0.4, 0.5) is 0 Å². The van der Waals surface area contributed by atoms with E-state index >= 15 is 0 Å². The quantitative estimate of drug-likeness (QED) is 0.617. The summed E-state index contributed by atoms with van der Waals surface area (Å²) in [6.45, 7) is 9.17. The molecule has 1 aliphatic carbocycles. The molecule has 100 valence electrons. The van der Waals surface area contributed by atoms with Crippen molar-refractivity contribution in [2.45, 2.75) is 39.5 Å². The molecule has 0 bridgehead atoms. The van der Waals surface area contributed by atoms with Crippen molar-refractivity contribution in [2.24, 2.45) is 16.7 Å². The summed E-state index contributed by atoms with van der Waals surface area (Å²) in [7, 11) is 0. The second-order valence-corrected chi connectivity index (χ2v) is 7.76. The minimum absolute atomic E-state index is 0.146. The highest BCUT2D eigenvalue weighted by Gasteiger charge is 2.66. The zero-order chi connectivity index (χ0) is 13.7. The van der Waals surface area contributed by atoms with Gasteiger partial charge < -0.3 is 0 Å². The van der Waals surface area contributed by atoms with Crippen LogP contribution in [0.25, 0.3) is 0 Å². The first-order chi connectivity index (χ1) is 8.18. The minimum atomic E-state index is 0.146. The summed E-state index contributed by atoms with van der Waals surface area (Å²) < 4.78 is 0. The second-order valence-electron chi connectivity index (χ2n) is 6.39. The van der Waals surface area contributed by atoms with Crippen molar-refractivity contribution >= 4 is 34.8 Å². The number of alkyl halides is 1. The van der Waals surface area contributed by atoms with Gasteiger partial charge in [-0.3, -0.25) is 0 Å². The third-order valence-corrected chi connectivity index (χ3v) is 6.05. The van der Waals surface area contributed by atoms with Crippen molar-refractivity contribution in [1.29, 1.82) is 0 Å². The van der Waals surface area contributed by atoms with Crippen LogP contribution in [0.5, 0.6) is 0 Å². The highest BCUT2D eigenvalue weighted by atomic mass is 35.5. The van der Waals surface area contributed by atoms with Gasteiger partial charge >= 0.3 is 0 Å². The Hall–Kier alpha value is 0.0900. The number of halogens is 3. The first-order valence-corrected chi connectivity index (χ1v) is 7.45. The second kappa shape index (κ2) is 4.58. The first-order valence-electron chi connectivity index (χ1n) is 6.26. The predicted octanol–water partition coefficient (Wildman–Crippen LogP) is 5.83. The van der Waals surface area contributed by atoms with Gasteiger partial charge in [-0.15, -0.1) is 11.6 Å². The topological polar surface area (TPSA) is 0 Å². The van der Waals surface area contributed by atoms with Crippen molar-refractivity contribution in [1.82, 2.24) is 0 Å². The lowest BCUT2D eigenvalue weighted by atomic mass is 10.0. The Bertz CT molecular complexity index is 449. The van der Waals surface area contributed by atoms with E-state index in [1.54, 1.807) is 0 Å². The Labute approximate surface area is 125 Å². The summed E-state index contributed by atoms with van der Waals surface area (Å²) in [4.78, 5) is 0. The normalized spacial score (nSPS) is 22.8. The maximum atomic E-state index is 6.60. The molecule has 1 aromatic carbocycles. The van der Waals surface area contributed by atoms with Crippen LogP contribution < -0.4 is 0 Å². The van der Waals surface area contributed by atoms with Crippen LogP contribution in [-0.4, -0.2) is 5.38 Å². The van der Waals surface area contributed by atoms with Crippen LogP contribution in [0.15, 0.2) is 18.2 Å². The van der Waals surface area contributed by atoms with Gasteiger partial charge in [-0.2, -0.15) is 0 Å². The maximum Gasteiger partial charge on any atom is 0.0595 e. The van der Waals surface area contributed by atoms with Gasteiger partial charge in [-0.25, -0.2) is 0 Å². The van der Waals surface area contributed by atoms with Crippen LogP contribution in [0.3, 0.4) is 0 Å². The van der Waals surface area contributed by atoms with Crippen molar-refractivity contribution < 1.29 is 0 Å². The lowest BCUT2D eigenvalue weighted by molar-refractivity contribution is 0.457. The van der Waals surface area contributed by atoms with Gasteiger partial charge in [-0.1, -0.05) is 57.0 Å². The van der Waals surface area contributed by atoms with Crippen LogP contribution in [-0.2, 0) is 6.42 Å². The predicted molar refractivity (Wildman–Crippen MR) is 80.9 cm³/mol. The van der Waals surface area contributed by atoms with Gasteiger partial charge in [0, 0.05) is 5.38 Å². The molecule has 1 atom stereocenters. The van der Waals surface area contributed by atoms with Gasteiger partial charge in [0.25, 0.3) is 0 Å².